The summed E-state index contributed by atoms with van der Waals surface area (Å²) in [7, 11) is -5.98. The van der Waals surface area contributed by atoms with Crippen LogP contribution in [0.4, 0.5) is 0 Å². The zero-order valence-corrected chi connectivity index (χ0v) is 40.6. The van der Waals surface area contributed by atoms with Crippen molar-refractivity contribution in [1.82, 2.24) is 19.1 Å². The molecule has 0 spiro atoms. The molecule has 8 rings (SSSR count). The zero-order chi connectivity index (χ0) is 49.4. The van der Waals surface area contributed by atoms with Crippen LogP contribution in [0.5, 0.6) is 11.6 Å². The molecular weight excluding hydrogens is 929 g/mol. The first-order valence-corrected chi connectivity index (χ1v) is 26.9. The molecule has 0 bridgehead atoms. The van der Waals surface area contributed by atoms with Crippen molar-refractivity contribution in [3.63, 3.8) is 0 Å². The number of benzene rings is 4. The fraction of sp³-hybridized carbons (Fsp3) is 0.333. The smallest absolute Gasteiger partial charge is 0.232 e. The molecule has 1 aliphatic heterocycles. The minimum absolute atomic E-state index is 0.0195. The van der Waals surface area contributed by atoms with Gasteiger partial charge < -0.3 is 38.7 Å². The van der Waals surface area contributed by atoms with Crippen molar-refractivity contribution in [3.8, 4) is 57.6 Å². The van der Waals surface area contributed by atoms with Gasteiger partial charge in [0.25, 0.3) is 0 Å². The molecule has 2 aliphatic rings. The van der Waals surface area contributed by atoms with Crippen LogP contribution in [0.25, 0.3) is 22.3 Å². The van der Waals surface area contributed by atoms with E-state index in [4.69, 9.17) is 14.2 Å². The number of sulfone groups is 2. The van der Waals surface area contributed by atoms with Gasteiger partial charge in [-0.05, 0) is 84.0 Å². The van der Waals surface area contributed by atoms with Gasteiger partial charge in [-0.15, -0.1) is 6.58 Å². The number of ether oxygens (including phenoxy) is 3. The molecule has 16 heteroatoms. The average Bonchev–Trinajstić information content (AvgIpc) is 4.01. The lowest BCUT2D eigenvalue weighted by Crippen LogP contribution is -2.42. The number of aromatic nitrogens is 4. The Morgan fingerprint density at radius 3 is 1.90 bits per heavy atom. The molecular formula is C54H56N4O10S2. The van der Waals surface area contributed by atoms with Gasteiger partial charge in [-0.1, -0.05) is 90.4 Å². The standard InChI is InChI=1S/C54H56N4O10S2/c1-4-51(61)54-55-27-28-57(54)46(22-12-39-7-13-41(14-8-39)43-17-9-40(10-18-43)35-66-47-25-29-70(64,65)30-26-47)36-67-52-33-58(53(56-52)37(2)60)45(34-59)21-11-38-5-15-42(16-6-38)44-19-23-48(24-20-44)68-49-31-50(32-49)69(3,62)63/h4-10,13-20,23-24,27-28,33,37,45-47,49-51,59-61H,1,25-26,29-32,34-36H2,2-3H3/t37-,45-,46-,49?,50?,51-/m0/s1. The van der Waals surface area contributed by atoms with E-state index in [-0.39, 0.29) is 53.9 Å². The van der Waals surface area contributed by atoms with Crippen molar-refractivity contribution >= 4 is 19.7 Å². The third-order valence-electron chi connectivity index (χ3n) is 12.5. The van der Waals surface area contributed by atoms with E-state index in [1.165, 1.54) is 12.3 Å². The van der Waals surface area contributed by atoms with Crippen LogP contribution in [0.1, 0.15) is 85.2 Å². The number of aliphatic hydroxyl groups is 3. The number of aliphatic hydroxyl groups excluding tert-OH is 3. The van der Waals surface area contributed by atoms with Crippen molar-refractivity contribution < 1.29 is 46.4 Å². The third-order valence-corrected chi connectivity index (χ3v) is 15.8. The van der Waals surface area contributed by atoms with Gasteiger partial charge in [0, 0.05) is 42.6 Å². The Bertz CT molecular complexity index is 3090. The summed E-state index contributed by atoms with van der Waals surface area (Å²) in [5, 5.41) is 31.7. The lowest BCUT2D eigenvalue weighted by atomic mass is 9.95. The second-order valence-corrected chi connectivity index (χ2v) is 22.3. The maximum absolute atomic E-state index is 11.8. The molecule has 364 valence electrons. The van der Waals surface area contributed by atoms with Gasteiger partial charge >= 0.3 is 0 Å². The van der Waals surface area contributed by atoms with Gasteiger partial charge in [-0.3, -0.25) is 0 Å². The number of imidazole rings is 2. The molecule has 0 radical (unpaired) electrons. The second-order valence-electron chi connectivity index (χ2n) is 17.7. The van der Waals surface area contributed by atoms with E-state index in [9.17, 15) is 32.2 Å². The molecule has 1 aliphatic carbocycles. The monoisotopic (exact) mass is 984 g/mol. The highest BCUT2D eigenvalue weighted by Gasteiger charge is 2.37. The summed E-state index contributed by atoms with van der Waals surface area (Å²) in [6, 6.07) is 29.8. The first-order valence-electron chi connectivity index (χ1n) is 23.1. The Morgan fingerprint density at radius 2 is 1.36 bits per heavy atom. The Morgan fingerprint density at radius 1 is 0.800 bits per heavy atom. The van der Waals surface area contributed by atoms with E-state index in [1.807, 2.05) is 97.1 Å². The Labute approximate surface area is 409 Å². The summed E-state index contributed by atoms with van der Waals surface area (Å²) in [6.07, 6.45) is 7.31. The van der Waals surface area contributed by atoms with E-state index in [1.54, 1.807) is 34.6 Å². The normalized spacial score (nSPS) is 18.4. The number of hydrogen-bond donors (Lipinski definition) is 3. The number of rotatable bonds is 17. The van der Waals surface area contributed by atoms with Crippen LogP contribution in [0.2, 0.25) is 0 Å². The lowest BCUT2D eigenvalue weighted by Gasteiger charge is -2.33. The Balaban J connectivity index is 0.919. The minimum atomic E-state index is -3.05. The Kier molecular flexibility index (Phi) is 15.7. The fourth-order valence-corrected chi connectivity index (χ4v) is 10.8. The van der Waals surface area contributed by atoms with E-state index in [2.05, 4.69) is 40.2 Å². The largest absolute Gasteiger partial charge is 0.490 e. The van der Waals surface area contributed by atoms with Crippen LogP contribution >= 0.6 is 0 Å². The van der Waals surface area contributed by atoms with Gasteiger partial charge in [0.15, 0.2) is 19.7 Å². The summed E-state index contributed by atoms with van der Waals surface area (Å²) in [5.41, 5.74) is 6.42. The molecule has 2 fully saturated rings. The summed E-state index contributed by atoms with van der Waals surface area (Å²) in [5.74, 6) is 14.6. The highest BCUT2D eigenvalue weighted by Crippen LogP contribution is 2.32. The van der Waals surface area contributed by atoms with Gasteiger partial charge in [-0.25, -0.2) is 21.8 Å². The third kappa shape index (κ3) is 12.6. The van der Waals surface area contributed by atoms with E-state index < -0.39 is 44.0 Å². The first-order chi connectivity index (χ1) is 33.6. The maximum Gasteiger partial charge on any atom is 0.232 e. The average molecular weight is 985 g/mol. The summed E-state index contributed by atoms with van der Waals surface area (Å²) in [4.78, 5) is 8.91. The van der Waals surface area contributed by atoms with Gasteiger partial charge in [0.2, 0.25) is 5.88 Å². The van der Waals surface area contributed by atoms with Crippen LogP contribution in [-0.2, 0) is 31.0 Å². The van der Waals surface area contributed by atoms with Crippen molar-refractivity contribution in [3.05, 3.63) is 157 Å². The molecule has 3 heterocycles. The van der Waals surface area contributed by atoms with Crippen molar-refractivity contribution in [2.75, 3.05) is 31.0 Å². The van der Waals surface area contributed by atoms with Crippen molar-refractivity contribution in [2.45, 2.75) is 81.0 Å². The summed E-state index contributed by atoms with van der Waals surface area (Å²) in [6.45, 7) is 5.32. The fourth-order valence-electron chi connectivity index (χ4n) is 8.24. The molecule has 2 aromatic heterocycles. The van der Waals surface area contributed by atoms with Crippen LogP contribution in [0.3, 0.4) is 0 Å². The summed E-state index contributed by atoms with van der Waals surface area (Å²) >= 11 is 0. The van der Waals surface area contributed by atoms with Crippen LogP contribution in [0.15, 0.2) is 128 Å². The van der Waals surface area contributed by atoms with Gasteiger partial charge in [0.1, 0.15) is 54.4 Å². The molecule has 4 aromatic carbocycles. The number of hydrogen-bond acceptors (Lipinski definition) is 12. The highest BCUT2D eigenvalue weighted by atomic mass is 32.2. The molecule has 1 saturated carbocycles. The second kappa shape index (κ2) is 22.1. The van der Waals surface area contributed by atoms with E-state index >= 15 is 0 Å². The van der Waals surface area contributed by atoms with Crippen molar-refractivity contribution in [1.29, 1.82) is 0 Å². The molecule has 14 nitrogen and oxygen atoms in total. The lowest BCUT2D eigenvalue weighted by molar-refractivity contribution is 0.0345. The molecule has 4 atom stereocenters. The van der Waals surface area contributed by atoms with E-state index in [0.717, 1.165) is 33.4 Å². The minimum Gasteiger partial charge on any atom is -0.490 e. The highest BCUT2D eigenvalue weighted by molar-refractivity contribution is 7.91. The van der Waals surface area contributed by atoms with Crippen LogP contribution in [-0.4, -0.2) is 99.7 Å². The maximum atomic E-state index is 11.8. The molecule has 3 N–H and O–H groups in total. The first kappa shape index (κ1) is 49.9. The van der Waals surface area contributed by atoms with Gasteiger partial charge in [-0.2, -0.15) is 4.98 Å². The quantitative estimate of drug-likeness (QED) is 0.0628. The predicted molar refractivity (Wildman–Crippen MR) is 267 cm³/mol. The molecule has 6 aromatic rings. The van der Waals surface area contributed by atoms with Gasteiger partial charge in [0.05, 0.1) is 42.3 Å². The SMILES string of the molecule is C=C[C@H](O)c1nccn1[C@@H](C#Cc1ccc(-c2ccc(COC3CCS(=O)(=O)CC3)cc2)cc1)COc1cn([C@@H](C#Cc2ccc(-c3ccc(OC4CC(S(C)(=O)=O)C4)cc3)cc2)CO)c([C@H](C)O)n1. The van der Waals surface area contributed by atoms with Crippen LogP contribution < -0.4 is 9.47 Å². The Hall–Kier alpha value is -6.50. The topological polar surface area (TPSA) is 192 Å². The molecule has 0 unspecified atom stereocenters. The van der Waals surface area contributed by atoms with Crippen LogP contribution in [0, 0.1) is 23.7 Å². The van der Waals surface area contributed by atoms with Crippen molar-refractivity contribution in [2.24, 2.45) is 0 Å². The zero-order valence-electron chi connectivity index (χ0n) is 39.0. The molecule has 1 saturated heterocycles. The number of nitrogens with zero attached hydrogens (tertiary/aromatic N) is 4. The molecule has 0 amide bonds. The molecule has 70 heavy (non-hydrogen) atoms. The predicted octanol–water partition coefficient (Wildman–Crippen LogP) is 6.99. The van der Waals surface area contributed by atoms with E-state index in [0.29, 0.717) is 49.4 Å². The summed E-state index contributed by atoms with van der Waals surface area (Å²) < 4.78 is 68.5.